The molecule has 0 saturated carbocycles. The third-order valence-corrected chi connectivity index (χ3v) is 4.75. The quantitative estimate of drug-likeness (QED) is 0.796. The van der Waals surface area contributed by atoms with Crippen LogP contribution in [0.4, 0.5) is 5.95 Å². The van der Waals surface area contributed by atoms with E-state index < -0.39 is 0 Å². The van der Waals surface area contributed by atoms with Crippen molar-refractivity contribution in [1.82, 2.24) is 24.9 Å². The molecule has 0 radical (unpaired) electrons. The number of piperidine rings is 1. The first kappa shape index (κ1) is 15.7. The number of rotatable bonds is 3. The van der Waals surface area contributed by atoms with Crippen LogP contribution >= 0.6 is 0 Å². The molecule has 3 aromatic heterocycles. The first-order chi connectivity index (χ1) is 12.2. The highest BCUT2D eigenvalue weighted by Gasteiger charge is 2.24. The maximum atomic E-state index is 4.82. The van der Waals surface area contributed by atoms with E-state index in [-0.39, 0.29) is 0 Å². The van der Waals surface area contributed by atoms with Crippen LogP contribution in [-0.2, 0) is 0 Å². The Morgan fingerprint density at radius 2 is 2.00 bits per heavy atom. The predicted molar refractivity (Wildman–Crippen MR) is 97.5 cm³/mol. The summed E-state index contributed by atoms with van der Waals surface area (Å²) in [6.07, 6.45) is 7.80. The van der Waals surface area contributed by atoms with Gasteiger partial charge in [-0.05, 0) is 44.9 Å². The van der Waals surface area contributed by atoms with E-state index in [9.17, 15) is 0 Å². The Balaban J connectivity index is 1.60. The normalized spacial score (nSPS) is 17.7. The van der Waals surface area contributed by atoms with E-state index in [1.807, 2.05) is 44.6 Å². The summed E-state index contributed by atoms with van der Waals surface area (Å²) < 4.78 is 0. The van der Waals surface area contributed by atoms with Crippen molar-refractivity contribution < 1.29 is 0 Å². The molecular formula is C19H22N6. The first-order valence-corrected chi connectivity index (χ1v) is 8.72. The molecule has 128 valence electrons. The van der Waals surface area contributed by atoms with Gasteiger partial charge in [0.05, 0.1) is 5.69 Å². The van der Waals surface area contributed by atoms with Gasteiger partial charge in [0.1, 0.15) is 5.82 Å². The topological polar surface area (TPSA) is 70.6 Å². The van der Waals surface area contributed by atoms with Crippen molar-refractivity contribution in [3.05, 3.63) is 54.0 Å². The molecule has 1 N–H and O–H groups in total. The Morgan fingerprint density at radius 3 is 2.80 bits per heavy atom. The Morgan fingerprint density at radius 1 is 1.08 bits per heavy atom. The van der Waals surface area contributed by atoms with E-state index in [0.29, 0.717) is 5.92 Å². The zero-order valence-electron chi connectivity index (χ0n) is 14.6. The Labute approximate surface area is 147 Å². The number of anilines is 1. The molecule has 1 aliphatic rings. The fourth-order valence-electron chi connectivity index (χ4n) is 3.49. The molecule has 0 spiro atoms. The molecule has 0 aromatic carbocycles. The van der Waals surface area contributed by atoms with Crippen molar-refractivity contribution in [3.63, 3.8) is 0 Å². The molecule has 0 amide bonds. The number of pyridine rings is 1. The molecule has 4 rings (SSSR count). The lowest BCUT2D eigenvalue weighted by Gasteiger charge is -2.32. The van der Waals surface area contributed by atoms with Crippen LogP contribution in [0.1, 0.15) is 36.0 Å². The van der Waals surface area contributed by atoms with E-state index in [2.05, 4.69) is 30.9 Å². The molecule has 4 heterocycles. The van der Waals surface area contributed by atoms with Gasteiger partial charge >= 0.3 is 0 Å². The molecule has 1 saturated heterocycles. The number of aromatic nitrogens is 5. The summed E-state index contributed by atoms with van der Waals surface area (Å²) in [4.78, 5) is 23.8. The van der Waals surface area contributed by atoms with E-state index in [0.717, 1.165) is 60.3 Å². The van der Waals surface area contributed by atoms with Crippen LogP contribution in [0.15, 0.2) is 36.8 Å². The van der Waals surface area contributed by atoms with Crippen LogP contribution in [0.3, 0.4) is 0 Å². The van der Waals surface area contributed by atoms with Gasteiger partial charge < -0.3 is 9.88 Å². The first-order valence-electron chi connectivity index (χ1n) is 8.72. The molecule has 6 nitrogen and oxygen atoms in total. The van der Waals surface area contributed by atoms with Crippen molar-refractivity contribution in [2.24, 2.45) is 0 Å². The molecule has 0 bridgehead atoms. The molecule has 6 heteroatoms. The molecule has 1 atom stereocenters. The van der Waals surface area contributed by atoms with Gasteiger partial charge in [-0.3, -0.25) is 4.98 Å². The van der Waals surface area contributed by atoms with Crippen molar-refractivity contribution >= 4 is 5.95 Å². The third kappa shape index (κ3) is 3.24. The van der Waals surface area contributed by atoms with Gasteiger partial charge in [0.25, 0.3) is 0 Å². The Hall–Kier alpha value is -2.76. The average molecular weight is 334 g/mol. The lowest BCUT2D eigenvalue weighted by molar-refractivity contribution is 0.488. The van der Waals surface area contributed by atoms with Crippen molar-refractivity contribution in [2.75, 3.05) is 18.0 Å². The molecular weight excluding hydrogens is 312 g/mol. The summed E-state index contributed by atoms with van der Waals surface area (Å²) in [7, 11) is 0. The van der Waals surface area contributed by atoms with Gasteiger partial charge in [0, 0.05) is 54.5 Å². The van der Waals surface area contributed by atoms with E-state index in [1.165, 1.54) is 0 Å². The Bertz CT molecular complexity index is 858. The molecule has 25 heavy (non-hydrogen) atoms. The van der Waals surface area contributed by atoms with Crippen LogP contribution in [0.2, 0.25) is 0 Å². The second-order valence-electron chi connectivity index (χ2n) is 6.59. The summed E-state index contributed by atoms with van der Waals surface area (Å²) in [5.41, 5.74) is 4.01. The van der Waals surface area contributed by atoms with Gasteiger partial charge in [-0.2, -0.15) is 0 Å². The molecule has 3 aromatic rings. The second-order valence-corrected chi connectivity index (χ2v) is 6.59. The summed E-state index contributed by atoms with van der Waals surface area (Å²) in [5.74, 6) is 2.24. The fourth-order valence-corrected chi connectivity index (χ4v) is 3.49. The fraction of sp³-hybridized carbons (Fsp3) is 0.368. The summed E-state index contributed by atoms with van der Waals surface area (Å²) in [6.45, 7) is 5.90. The predicted octanol–water partition coefficient (Wildman–Crippen LogP) is 3.26. The van der Waals surface area contributed by atoms with E-state index in [4.69, 9.17) is 4.98 Å². The van der Waals surface area contributed by atoms with Crippen LogP contribution in [0.5, 0.6) is 0 Å². The molecule has 1 fully saturated rings. The van der Waals surface area contributed by atoms with Crippen LogP contribution in [0.25, 0.3) is 11.3 Å². The second kappa shape index (κ2) is 6.63. The number of nitrogens with one attached hydrogen (secondary N) is 1. The Kier molecular flexibility index (Phi) is 4.17. The number of hydrogen-bond acceptors (Lipinski definition) is 5. The van der Waals surface area contributed by atoms with Crippen molar-refractivity contribution in [3.8, 4) is 11.3 Å². The zero-order chi connectivity index (χ0) is 17.2. The standard InChI is InChI=1S/C19H22N6/c1-13-5-6-16(14(2)23-13)17-7-8-22-19(24-17)25-11-3-4-15(12-25)18-20-9-10-21-18/h5-10,15H,3-4,11-12H2,1-2H3,(H,20,21)/t15-/m1/s1. The summed E-state index contributed by atoms with van der Waals surface area (Å²) in [6, 6.07) is 6.07. The lowest BCUT2D eigenvalue weighted by atomic mass is 9.97. The number of aromatic amines is 1. The lowest BCUT2D eigenvalue weighted by Crippen LogP contribution is -2.36. The van der Waals surface area contributed by atoms with Crippen LogP contribution in [-0.4, -0.2) is 38.0 Å². The number of aryl methyl sites for hydroxylation is 2. The van der Waals surface area contributed by atoms with Crippen LogP contribution in [0, 0.1) is 13.8 Å². The minimum absolute atomic E-state index is 0.402. The minimum atomic E-state index is 0.402. The molecule has 0 aliphatic carbocycles. The minimum Gasteiger partial charge on any atom is -0.348 e. The van der Waals surface area contributed by atoms with E-state index in [1.54, 1.807) is 0 Å². The highest BCUT2D eigenvalue weighted by atomic mass is 15.3. The largest absolute Gasteiger partial charge is 0.348 e. The molecule has 1 aliphatic heterocycles. The third-order valence-electron chi connectivity index (χ3n) is 4.75. The summed E-state index contributed by atoms with van der Waals surface area (Å²) >= 11 is 0. The smallest absolute Gasteiger partial charge is 0.225 e. The summed E-state index contributed by atoms with van der Waals surface area (Å²) in [5, 5.41) is 0. The van der Waals surface area contributed by atoms with Gasteiger partial charge in [0.15, 0.2) is 0 Å². The van der Waals surface area contributed by atoms with Gasteiger partial charge in [0.2, 0.25) is 5.95 Å². The number of H-pyrrole nitrogens is 1. The average Bonchev–Trinajstić information content (AvgIpc) is 3.17. The molecule has 0 unspecified atom stereocenters. The number of imidazole rings is 1. The van der Waals surface area contributed by atoms with Crippen molar-refractivity contribution in [1.29, 1.82) is 0 Å². The highest BCUT2D eigenvalue weighted by molar-refractivity contribution is 5.62. The maximum Gasteiger partial charge on any atom is 0.225 e. The maximum absolute atomic E-state index is 4.82. The van der Waals surface area contributed by atoms with Gasteiger partial charge in [-0.15, -0.1) is 0 Å². The monoisotopic (exact) mass is 334 g/mol. The van der Waals surface area contributed by atoms with Gasteiger partial charge in [-0.1, -0.05) is 0 Å². The highest BCUT2D eigenvalue weighted by Crippen LogP contribution is 2.28. The number of nitrogens with zero attached hydrogens (tertiary/aromatic N) is 5. The van der Waals surface area contributed by atoms with Crippen molar-refractivity contribution in [2.45, 2.75) is 32.6 Å². The zero-order valence-corrected chi connectivity index (χ0v) is 14.6. The SMILES string of the molecule is Cc1ccc(-c2ccnc(N3CCC[C@@H](c4ncc[nH]4)C3)n2)c(C)n1. The van der Waals surface area contributed by atoms with Gasteiger partial charge in [-0.25, -0.2) is 15.0 Å². The van der Waals surface area contributed by atoms with E-state index >= 15 is 0 Å². The number of hydrogen-bond donors (Lipinski definition) is 1. The van der Waals surface area contributed by atoms with Crippen LogP contribution < -0.4 is 4.90 Å².